The molecular weight excluding hydrogens is 321 g/mol. The Balaban J connectivity index is 1.53. The highest BCUT2D eigenvalue weighted by Crippen LogP contribution is 2.38. The third-order valence-electron chi connectivity index (χ3n) is 5.65. The molecule has 1 fully saturated rings. The highest BCUT2D eigenvalue weighted by atomic mass is 19.1. The number of allylic oxidation sites excluding steroid dienone is 1. The van der Waals surface area contributed by atoms with Crippen molar-refractivity contribution in [1.82, 2.24) is 0 Å². The molecule has 2 aromatic carbocycles. The van der Waals surface area contributed by atoms with E-state index >= 15 is 0 Å². The molecule has 0 radical (unpaired) electrons. The summed E-state index contributed by atoms with van der Waals surface area (Å²) in [6, 6.07) is 18.9. The smallest absolute Gasteiger partial charge is 0.0991 e. The Bertz CT molecular complexity index is 744. The van der Waals surface area contributed by atoms with Crippen molar-refractivity contribution < 1.29 is 4.39 Å². The topological polar surface area (TPSA) is 23.8 Å². The van der Waals surface area contributed by atoms with E-state index < -0.39 is 0 Å². The van der Waals surface area contributed by atoms with E-state index in [0.717, 1.165) is 24.3 Å². The Morgan fingerprint density at radius 3 is 2.12 bits per heavy atom. The lowest BCUT2D eigenvalue weighted by Crippen LogP contribution is -2.13. The lowest BCUT2D eigenvalue weighted by atomic mass is 9.77. The minimum atomic E-state index is 0.665. The third-order valence-corrected chi connectivity index (χ3v) is 5.65. The molecule has 0 saturated heterocycles. The Labute approximate surface area is 156 Å². The Morgan fingerprint density at radius 1 is 0.923 bits per heavy atom. The molecule has 1 nitrogen and oxygen atoms in total. The Morgan fingerprint density at radius 2 is 1.54 bits per heavy atom. The van der Waals surface area contributed by atoms with Crippen LogP contribution in [0.25, 0.3) is 11.1 Å². The first-order chi connectivity index (χ1) is 12.8. The summed E-state index contributed by atoms with van der Waals surface area (Å²) in [6.07, 6.45) is 10.6. The molecule has 0 aromatic heterocycles. The molecule has 0 aliphatic heterocycles. The molecule has 1 aliphatic rings. The molecule has 1 saturated carbocycles. The second kappa shape index (κ2) is 9.34. The summed E-state index contributed by atoms with van der Waals surface area (Å²) in [5, 5.41) is 8.90. The molecule has 0 heterocycles. The third kappa shape index (κ3) is 4.82. The second-order valence-corrected chi connectivity index (χ2v) is 7.32. The first-order valence-corrected chi connectivity index (χ1v) is 9.66. The molecule has 0 amide bonds. The van der Waals surface area contributed by atoms with Crippen LogP contribution in [-0.2, 0) is 0 Å². The molecule has 134 valence electrons. The number of rotatable bonds is 6. The predicted molar refractivity (Wildman–Crippen MR) is 105 cm³/mol. The molecule has 3 rings (SSSR count). The van der Waals surface area contributed by atoms with Crippen LogP contribution < -0.4 is 0 Å². The molecule has 2 aromatic rings. The summed E-state index contributed by atoms with van der Waals surface area (Å²) in [7, 11) is 0. The lowest BCUT2D eigenvalue weighted by Gasteiger charge is -2.29. The van der Waals surface area contributed by atoms with Gasteiger partial charge >= 0.3 is 0 Å². The fourth-order valence-electron chi connectivity index (χ4n) is 4.06. The number of hydrogen-bond acceptors (Lipinski definition) is 1. The maximum absolute atomic E-state index is 12.0. The molecule has 1 aliphatic carbocycles. The number of unbranched alkanes of at least 4 members (excludes halogenated alkanes) is 1. The van der Waals surface area contributed by atoms with Gasteiger partial charge in [0, 0.05) is 0 Å². The van der Waals surface area contributed by atoms with Crippen molar-refractivity contribution in [3.8, 4) is 17.2 Å². The van der Waals surface area contributed by atoms with Gasteiger partial charge in [-0.25, -0.2) is 4.39 Å². The van der Waals surface area contributed by atoms with Gasteiger partial charge in [0.1, 0.15) is 0 Å². The standard InChI is InChI=1S/C24H26FN/c25-17-3-1-2-4-19-5-9-21(10-6-19)23-13-15-24(16-14-23)22-11-7-20(18-26)8-12-22/h3,7-8,11-17,19,21H,1-2,4-6,9-10H2/b17-3+/t19-,21-. The van der Waals surface area contributed by atoms with Crippen LogP contribution in [0.3, 0.4) is 0 Å². The van der Waals surface area contributed by atoms with Gasteiger partial charge in [-0.1, -0.05) is 48.9 Å². The van der Waals surface area contributed by atoms with Crippen molar-refractivity contribution in [1.29, 1.82) is 5.26 Å². The minimum Gasteiger partial charge on any atom is -0.216 e. The summed E-state index contributed by atoms with van der Waals surface area (Å²) in [4.78, 5) is 0. The quantitative estimate of drug-likeness (QED) is 0.509. The van der Waals surface area contributed by atoms with Crippen molar-refractivity contribution in [3.05, 3.63) is 72.1 Å². The molecule has 0 atom stereocenters. The van der Waals surface area contributed by atoms with Gasteiger partial charge in [0.05, 0.1) is 18.0 Å². The van der Waals surface area contributed by atoms with Crippen LogP contribution in [0, 0.1) is 17.2 Å². The first kappa shape index (κ1) is 18.4. The summed E-state index contributed by atoms with van der Waals surface area (Å²) >= 11 is 0. The van der Waals surface area contributed by atoms with Gasteiger partial charge in [0.15, 0.2) is 0 Å². The number of hydrogen-bond donors (Lipinski definition) is 0. The average Bonchev–Trinajstić information content (AvgIpc) is 2.72. The highest BCUT2D eigenvalue weighted by molar-refractivity contribution is 5.64. The number of nitrogens with zero attached hydrogens (tertiary/aromatic N) is 1. The zero-order chi connectivity index (χ0) is 18.2. The van der Waals surface area contributed by atoms with E-state index in [4.69, 9.17) is 5.26 Å². The SMILES string of the molecule is N#Cc1ccc(-c2ccc([C@H]3CC[C@H](CCC/C=C/F)CC3)cc2)cc1. The van der Waals surface area contributed by atoms with E-state index in [9.17, 15) is 4.39 Å². The molecule has 26 heavy (non-hydrogen) atoms. The lowest BCUT2D eigenvalue weighted by molar-refractivity contribution is 0.305. The van der Waals surface area contributed by atoms with Crippen molar-refractivity contribution >= 4 is 0 Å². The van der Waals surface area contributed by atoms with Gasteiger partial charge in [0.25, 0.3) is 0 Å². The summed E-state index contributed by atoms with van der Waals surface area (Å²) in [5.41, 5.74) is 4.50. The van der Waals surface area contributed by atoms with Crippen molar-refractivity contribution in [2.45, 2.75) is 50.9 Å². The van der Waals surface area contributed by atoms with Gasteiger partial charge < -0.3 is 0 Å². The van der Waals surface area contributed by atoms with E-state index in [1.165, 1.54) is 43.2 Å². The molecule has 0 spiro atoms. The fourth-order valence-corrected chi connectivity index (χ4v) is 4.06. The van der Waals surface area contributed by atoms with Gasteiger partial charge in [-0.15, -0.1) is 0 Å². The highest BCUT2D eigenvalue weighted by Gasteiger charge is 2.21. The van der Waals surface area contributed by atoms with E-state index in [1.807, 2.05) is 24.3 Å². The Kier molecular flexibility index (Phi) is 6.61. The zero-order valence-electron chi connectivity index (χ0n) is 15.2. The van der Waals surface area contributed by atoms with E-state index in [1.54, 1.807) is 6.08 Å². The second-order valence-electron chi connectivity index (χ2n) is 7.32. The number of nitriles is 1. The summed E-state index contributed by atoms with van der Waals surface area (Å²) < 4.78 is 12.0. The van der Waals surface area contributed by atoms with Crippen LogP contribution in [0.4, 0.5) is 4.39 Å². The van der Waals surface area contributed by atoms with Crippen LogP contribution in [-0.4, -0.2) is 0 Å². The van der Waals surface area contributed by atoms with E-state index in [0.29, 0.717) is 17.8 Å². The summed E-state index contributed by atoms with van der Waals surface area (Å²) in [6.45, 7) is 0. The maximum Gasteiger partial charge on any atom is 0.0991 e. The zero-order valence-corrected chi connectivity index (χ0v) is 15.2. The number of halogens is 1. The van der Waals surface area contributed by atoms with Crippen LogP contribution in [0.5, 0.6) is 0 Å². The Hall–Kier alpha value is -2.40. The van der Waals surface area contributed by atoms with Crippen LogP contribution in [0.15, 0.2) is 60.9 Å². The monoisotopic (exact) mass is 347 g/mol. The van der Waals surface area contributed by atoms with Gasteiger partial charge in [-0.05, 0) is 79.2 Å². The molecule has 2 heteroatoms. The number of benzene rings is 2. The van der Waals surface area contributed by atoms with Gasteiger partial charge in [-0.3, -0.25) is 0 Å². The van der Waals surface area contributed by atoms with E-state index in [-0.39, 0.29) is 0 Å². The van der Waals surface area contributed by atoms with Crippen LogP contribution in [0.2, 0.25) is 0 Å². The molecular formula is C24H26FN. The van der Waals surface area contributed by atoms with Crippen LogP contribution >= 0.6 is 0 Å². The van der Waals surface area contributed by atoms with Crippen molar-refractivity contribution in [2.24, 2.45) is 5.92 Å². The van der Waals surface area contributed by atoms with E-state index in [2.05, 4.69) is 30.3 Å². The van der Waals surface area contributed by atoms with Crippen molar-refractivity contribution in [2.75, 3.05) is 0 Å². The largest absolute Gasteiger partial charge is 0.216 e. The maximum atomic E-state index is 12.0. The summed E-state index contributed by atoms with van der Waals surface area (Å²) in [5.74, 6) is 1.49. The fraction of sp³-hybridized carbons (Fsp3) is 0.375. The van der Waals surface area contributed by atoms with Gasteiger partial charge in [-0.2, -0.15) is 5.26 Å². The predicted octanol–water partition coefficient (Wildman–Crippen LogP) is 7.15. The normalized spacial score (nSPS) is 20.2. The molecule has 0 unspecified atom stereocenters. The average molecular weight is 347 g/mol. The molecule has 0 bridgehead atoms. The van der Waals surface area contributed by atoms with Crippen molar-refractivity contribution in [3.63, 3.8) is 0 Å². The minimum absolute atomic E-state index is 0.665. The first-order valence-electron chi connectivity index (χ1n) is 9.66. The van der Waals surface area contributed by atoms with Crippen LogP contribution in [0.1, 0.15) is 62.0 Å². The van der Waals surface area contributed by atoms with Gasteiger partial charge in [0.2, 0.25) is 0 Å². The molecule has 0 N–H and O–H groups in total.